The fourth-order valence-electron chi connectivity index (χ4n) is 0.894. The first-order valence-corrected chi connectivity index (χ1v) is 5.86. The lowest BCUT2D eigenvalue weighted by atomic mass is 10.3. The summed E-state index contributed by atoms with van der Waals surface area (Å²) in [5.41, 5.74) is 0. The predicted octanol–water partition coefficient (Wildman–Crippen LogP) is 0.0387. The lowest BCUT2D eigenvalue weighted by molar-refractivity contribution is -0.128. The van der Waals surface area contributed by atoms with E-state index in [-0.39, 0.29) is 11.8 Å². The van der Waals surface area contributed by atoms with E-state index in [1.54, 1.807) is 14.0 Å². The minimum Gasteiger partial charge on any atom is -0.383 e. The molecule has 0 aliphatic carbocycles. The monoisotopic (exact) mass is 280 g/mol. The molecular weight excluding hydrogens is 264 g/mol. The van der Waals surface area contributed by atoms with Gasteiger partial charge >= 0.3 is 0 Å². The number of ether oxygens (including phenoxy) is 1. The number of carbonyl (C=O) groups is 2. The molecule has 5 nitrogen and oxygen atoms in total. The fraction of sp³-hybridized carbons (Fsp3) is 0.778. The smallest absolute Gasteiger partial charge is 0.242 e. The zero-order valence-corrected chi connectivity index (χ0v) is 10.6. The number of nitrogens with one attached hydrogen (secondary N) is 2. The summed E-state index contributed by atoms with van der Waals surface area (Å²) in [5.74, 6) is -0.337. The Morgan fingerprint density at radius 1 is 1.47 bits per heavy atom. The number of alkyl halides is 1. The molecule has 0 rings (SSSR count). The van der Waals surface area contributed by atoms with Crippen LogP contribution >= 0.6 is 15.9 Å². The Hall–Kier alpha value is -0.620. The van der Waals surface area contributed by atoms with E-state index >= 15 is 0 Å². The molecule has 0 spiro atoms. The molecule has 88 valence electrons. The Balaban J connectivity index is 3.73. The Labute approximate surface area is 98.1 Å². The molecule has 0 bridgehead atoms. The molecule has 2 N–H and O–H groups in total. The lowest BCUT2D eigenvalue weighted by Gasteiger charge is -2.13. The van der Waals surface area contributed by atoms with E-state index in [1.807, 2.05) is 0 Å². The summed E-state index contributed by atoms with van der Waals surface area (Å²) in [4.78, 5) is 22.5. The van der Waals surface area contributed by atoms with E-state index in [1.165, 1.54) is 0 Å². The number of hydrogen-bond donors (Lipinski definition) is 2. The van der Waals surface area contributed by atoms with Gasteiger partial charge in [-0.1, -0.05) is 15.9 Å². The van der Waals surface area contributed by atoms with Crippen molar-refractivity contribution in [2.24, 2.45) is 0 Å². The molecular formula is C9H17BrN2O3. The quantitative estimate of drug-likeness (QED) is 0.511. The van der Waals surface area contributed by atoms with Crippen LogP contribution in [-0.4, -0.2) is 43.4 Å². The molecule has 0 heterocycles. The summed E-state index contributed by atoms with van der Waals surface area (Å²) in [6, 6.07) is -0.506. The second kappa shape index (κ2) is 8.67. The fourth-order valence-corrected chi connectivity index (χ4v) is 1.25. The van der Waals surface area contributed by atoms with E-state index in [9.17, 15) is 9.59 Å². The van der Waals surface area contributed by atoms with Gasteiger partial charge in [0, 0.05) is 25.4 Å². The van der Waals surface area contributed by atoms with E-state index < -0.39 is 6.04 Å². The maximum Gasteiger partial charge on any atom is 0.242 e. The summed E-state index contributed by atoms with van der Waals surface area (Å²) < 4.78 is 4.78. The first kappa shape index (κ1) is 14.4. The minimum absolute atomic E-state index is 0.138. The summed E-state index contributed by atoms with van der Waals surface area (Å²) in [6.45, 7) is 2.57. The van der Waals surface area contributed by atoms with Crippen LogP contribution in [-0.2, 0) is 14.3 Å². The van der Waals surface area contributed by atoms with Gasteiger partial charge in [-0.3, -0.25) is 9.59 Å². The molecule has 0 aromatic rings. The van der Waals surface area contributed by atoms with Crippen molar-refractivity contribution in [3.63, 3.8) is 0 Å². The molecule has 1 unspecified atom stereocenters. The number of hydrogen-bond acceptors (Lipinski definition) is 3. The summed E-state index contributed by atoms with van der Waals surface area (Å²) in [5, 5.41) is 5.82. The average Bonchev–Trinajstić information content (AvgIpc) is 2.18. The zero-order valence-electron chi connectivity index (χ0n) is 9.01. The molecule has 6 heteroatoms. The molecule has 15 heavy (non-hydrogen) atoms. The third-order valence-electron chi connectivity index (χ3n) is 1.70. The molecule has 1 atom stereocenters. The number of halogens is 1. The van der Waals surface area contributed by atoms with Crippen molar-refractivity contribution in [2.75, 3.05) is 25.6 Å². The number of carbonyl (C=O) groups excluding carboxylic acids is 2. The number of rotatable bonds is 7. The van der Waals surface area contributed by atoms with E-state index in [0.717, 1.165) is 0 Å². The molecule has 0 aromatic heterocycles. The first-order valence-electron chi connectivity index (χ1n) is 4.73. The normalized spacial score (nSPS) is 11.9. The van der Waals surface area contributed by atoms with Gasteiger partial charge in [-0.25, -0.2) is 0 Å². The Morgan fingerprint density at radius 3 is 2.67 bits per heavy atom. The number of amides is 2. The Kier molecular flexibility index (Phi) is 8.31. The summed E-state index contributed by atoms with van der Waals surface area (Å²) in [7, 11) is 1.56. The maximum absolute atomic E-state index is 11.4. The SMILES string of the molecule is COCCNC(=O)C(C)NC(=O)CCBr. The van der Waals surface area contributed by atoms with Gasteiger partial charge in [-0.15, -0.1) is 0 Å². The first-order chi connectivity index (χ1) is 7.11. The van der Waals surface area contributed by atoms with Gasteiger partial charge < -0.3 is 15.4 Å². The molecule has 0 aliphatic rings. The highest BCUT2D eigenvalue weighted by atomic mass is 79.9. The molecule has 0 fully saturated rings. The average molecular weight is 281 g/mol. The topological polar surface area (TPSA) is 67.4 Å². The predicted molar refractivity (Wildman–Crippen MR) is 60.9 cm³/mol. The summed E-state index contributed by atoms with van der Waals surface area (Å²) >= 11 is 3.15. The standard InChI is InChI=1S/C9H17BrN2O3/c1-7(12-8(13)3-4-10)9(14)11-5-6-15-2/h7H,3-6H2,1-2H3,(H,11,14)(H,12,13). The molecule has 2 amide bonds. The van der Waals surface area contributed by atoms with E-state index in [2.05, 4.69) is 26.6 Å². The minimum atomic E-state index is -0.506. The number of methoxy groups -OCH3 is 1. The van der Waals surface area contributed by atoms with Crippen LogP contribution in [0.1, 0.15) is 13.3 Å². The van der Waals surface area contributed by atoms with Gasteiger partial charge in [0.15, 0.2) is 0 Å². The third kappa shape index (κ3) is 7.33. The van der Waals surface area contributed by atoms with Crippen LogP contribution in [0, 0.1) is 0 Å². The molecule has 0 radical (unpaired) electrons. The van der Waals surface area contributed by atoms with Crippen molar-refractivity contribution in [1.82, 2.24) is 10.6 Å². The van der Waals surface area contributed by atoms with Gasteiger partial charge in [-0.2, -0.15) is 0 Å². The second-order valence-electron chi connectivity index (χ2n) is 3.01. The highest BCUT2D eigenvalue weighted by Crippen LogP contribution is 1.89. The van der Waals surface area contributed by atoms with Gasteiger partial charge in [0.1, 0.15) is 6.04 Å². The third-order valence-corrected chi connectivity index (χ3v) is 2.09. The highest BCUT2D eigenvalue weighted by molar-refractivity contribution is 9.09. The molecule has 0 saturated carbocycles. The van der Waals surface area contributed by atoms with Crippen molar-refractivity contribution in [3.8, 4) is 0 Å². The lowest BCUT2D eigenvalue weighted by Crippen LogP contribution is -2.45. The van der Waals surface area contributed by atoms with Crippen molar-refractivity contribution >= 4 is 27.7 Å². The van der Waals surface area contributed by atoms with Crippen LogP contribution < -0.4 is 10.6 Å². The van der Waals surface area contributed by atoms with Gasteiger partial charge in [0.25, 0.3) is 0 Å². The van der Waals surface area contributed by atoms with Crippen molar-refractivity contribution in [2.45, 2.75) is 19.4 Å². The van der Waals surface area contributed by atoms with Crippen molar-refractivity contribution in [1.29, 1.82) is 0 Å². The Bertz CT molecular complexity index is 212. The second-order valence-corrected chi connectivity index (χ2v) is 3.81. The van der Waals surface area contributed by atoms with Crippen LogP contribution in [0.25, 0.3) is 0 Å². The highest BCUT2D eigenvalue weighted by Gasteiger charge is 2.13. The molecule has 0 aliphatic heterocycles. The van der Waals surface area contributed by atoms with Crippen LogP contribution in [0.15, 0.2) is 0 Å². The Morgan fingerprint density at radius 2 is 2.13 bits per heavy atom. The van der Waals surface area contributed by atoms with Crippen LogP contribution in [0.3, 0.4) is 0 Å². The summed E-state index contributed by atoms with van der Waals surface area (Å²) in [6.07, 6.45) is 0.371. The van der Waals surface area contributed by atoms with Gasteiger partial charge in [0.05, 0.1) is 6.61 Å². The van der Waals surface area contributed by atoms with Crippen molar-refractivity contribution in [3.05, 3.63) is 0 Å². The largest absolute Gasteiger partial charge is 0.383 e. The van der Waals surface area contributed by atoms with Crippen LogP contribution in [0.4, 0.5) is 0 Å². The van der Waals surface area contributed by atoms with Crippen LogP contribution in [0.5, 0.6) is 0 Å². The van der Waals surface area contributed by atoms with Gasteiger partial charge in [-0.05, 0) is 6.92 Å². The molecule has 0 saturated heterocycles. The maximum atomic E-state index is 11.4. The van der Waals surface area contributed by atoms with E-state index in [4.69, 9.17) is 4.74 Å². The van der Waals surface area contributed by atoms with Crippen LogP contribution in [0.2, 0.25) is 0 Å². The zero-order chi connectivity index (χ0) is 11.7. The van der Waals surface area contributed by atoms with E-state index in [0.29, 0.717) is 24.9 Å². The molecule has 0 aromatic carbocycles. The van der Waals surface area contributed by atoms with Gasteiger partial charge in [0.2, 0.25) is 11.8 Å². The van der Waals surface area contributed by atoms with Crippen molar-refractivity contribution < 1.29 is 14.3 Å².